The molecule has 0 aliphatic heterocycles. The van der Waals surface area contributed by atoms with Gasteiger partial charge in [-0.2, -0.15) is 0 Å². The molecule has 0 unspecified atom stereocenters. The van der Waals surface area contributed by atoms with Gasteiger partial charge in [-0.05, 0) is 0 Å². The van der Waals surface area contributed by atoms with Crippen LogP contribution in [0, 0.1) is 0 Å². The third-order valence-electron chi connectivity index (χ3n) is 2.61. The van der Waals surface area contributed by atoms with Gasteiger partial charge in [0.05, 0.1) is 0 Å². The van der Waals surface area contributed by atoms with Gasteiger partial charge in [0, 0.05) is 0 Å². The molecule has 8 heteroatoms. The number of aromatic nitrogens is 1. The van der Waals surface area contributed by atoms with Crippen molar-refractivity contribution in [2.75, 3.05) is 19.6 Å². The molecule has 0 bridgehead atoms. The third kappa shape index (κ3) is 6.76. The molecule has 0 saturated heterocycles. The summed E-state index contributed by atoms with van der Waals surface area (Å²) in [7, 11) is 0.671. The number of rotatable bonds is 9. The van der Waals surface area contributed by atoms with E-state index in [9.17, 15) is 14.3 Å². The summed E-state index contributed by atoms with van der Waals surface area (Å²) in [6.45, 7) is 2.00. The molecule has 7 nitrogen and oxygen atoms in total. The standard InChI is InChI=1S/C13H18BN3O4/c1-2-21-13(19)6-11(10-4-3-5-15-7-10)17-12(18)8-16-9-14-20/h3-5,7,11,16H,2,6,8-9H2,1H3,(H,17,18)/t11-/m0/s1. The predicted molar refractivity (Wildman–Crippen MR) is 75.7 cm³/mol. The van der Waals surface area contributed by atoms with Crippen LogP contribution >= 0.6 is 0 Å². The van der Waals surface area contributed by atoms with Gasteiger partial charge in [-0.15, -0.1) is 0 Å². The Bertz CT molecular complexity index is 470. The molecule has 0 saturated carbocycles. The van der Waals surface area contributed by atoms with Crippen molar-refractivity contribution in [3.05, 3.63) is 30.1 Å². The minimum absolute atomic E-state index is 0.00166. The fourth-order valence-electron chi connectivity index (χ4n) is 1.71. The Morgan fingerprint density at radius 1 is 1.48 bits per heavy atom. The van der Waals surface area contributed by atoms with Crippen LogP contribution in [0.15, 0.2) is 24.5 Å². The molecule has 21 heavy (non-hydrogen) atoms. The van der Waals surface area contributed by atoms with E-state index in [1.54, 1.807) is 31.5 Å². The van der Waals surface area contributed by atoms with E-state index in [-0.39, 0.29) is 31.9 Å². The Morgan fingerprint density at radius 2 is 2.29 bits per heavy atom. The van der Waals surface area contributed by atoms with Crippen LogP contribution in [0.3, 0.4) is 0 Å². The van der Waals surface area contributed by atoms with E-state index in [4.69, 9.17) is 4.74 Å². The summed E-state index contributed by atoms with van der Waals surface area (Å²) in [5, 5.41) is 5.38. The van der Waals surface area contributed by atoms with Crippen LogP contribution in [0.5, 0.6) is 0 Å². The second kappa shape index (κ2) is 9.76. The van der Waals surface area contributed by atoms with Gasteiger partial charge in [-0.1, -0.05) is 0 Å². The third-order valence-corrected chi connectivity index (χ3v) is 2.61. The Balaban J connectivity index is 2.66. The first-order valence-electron chi connectivity index (χ1n) is 6.66. The molecule has 2 N–H and O–H groups in total. The van der Waals surface area contributed by atoms with Gasteiger partial charge in [0.15, 0.2) is 0 Å². The van der Waals surface area contributed by atoms with Crippen LogP contribution < -0.4 is 10.6 Å². The summed E-state index contributed by atoms with van der Waals surface area (Å²) in [4.78, 5) is 27.4. The van der Waals surface area contributed by atoms with Crippen LogP contribution in [-0.2, 0) is 19.0 Å². The molecular weight excluding hydrogens is 273 g/mol. The SMILES string of the molecule is CCOC(=O)C[C@H](NC(=O)CNCB=O)c1cccnc1. The van der Waals surface area contributed by atoms with Crippen molar-refractivity contribution in [3.8, 4) is 0 Å². The second-order valence-electron chi connectivity index (χ2n) is 4.21. The van der Waals surface area contributed by atoms with E-state index in [0.717, 1.165) is 0 Å². The zero-order valence-corrected chi connectivity index (χ0v) is 11.9. The van der Waals surface area contributed by atoms with Crippen molar-refractivity contribution >= 4 is 19.0 Å². The Hall–Kier alpha value is -2.09. The number of amides is 1. The molecule has 0 radical (unpaired) electrons. The van der Waals surface area contributed by atoms with Gasteiger partial charge in [0.2, 0.25) is 0 Å². The van der Waals surface area contributed by atoms with E-state index < -0.39 is 12.0 Å². The summed E-state index contributed by atoms with van der Waals surface area (Å²) in [5.41, 5.74) is 0.717. The Labute approximate surface area is 123 Å². The summed E-state index contributed by atoms with van der Waals surface area (Å²) in [6.07, 6.45) is 3.32. The number of esters is 1. The number of pyridine rings is 1. The van der Waals surface area contributed by atoms with E-state index in [2.05, 4.69) is 15.6 Å². The molecule has 1 heterocycles. The number of hydrogen-bond acceptors (Lipinski definition) is 6. The van der Waals surface area contributed by atoms with Crippen LogP contribution in [0.4, 0.5) is 0 Å². The van der Waals surface area contributed by atoms with Crippen LogP contribution in [0.1, 0.15) is 24.9 Å². The molecule has 1 atom stereocenters. The van der Waals surface area contributed by atoms with Crippen molar-refractivity contribution in [2.45, 2.75) is 19.4 Å². The molecule has 1 rings (SSSR count). The van der Waals surface area contributed by atoms with Gasteiger partial charge in [-0.25, -0.2) is 0 Å². The first-order chi connectivity index (χ1) is 10.2. The number of nitrogens with zero attached hydrogens (tertiary/aromatic N) is 1. The van der Waals surface area contributed by atoms with Crippen LogP contribution in [-0.4, -0.2) is 43.6 Å². The molecule has 0 aliphatic rings. The number of hydrogen-bond donors (Lipinski definition) is 2. The Kier molecular flexibility index (Phi) is 7.89. The van der Waals surface area contributed by atoms with Crippen molar-refractivity contribution in [1.29, 1.82) is 0 Å². The van der Waals surface area contributed by atoms with Gasteiger partial charge in [-0.3, -0.25) is 0 Å². The summed E-state index contributed by atoms with van der Waals surface area (Å²) >= 11 is 0. The number of ether oxygens (including phenoxy) is 1. The zero-order chi connectivity index (χ0) is 15.5. The molecule has 0 spiro atoms. The van der Waals surface area contributed by atoms with Crippen LogP contribution in [0.25, 0.3) is 0 Å². The number of nitrogens with one attached hydrogen (secondary N) is 2. The van der Waals surface area contributed by atoms with Crippen molar-refractivity contribution in [2.24, 2.45) is 0 Å². The zero-order valence-electron chi connectivity index (χ0n) is 11.9. The van der Waals surface area contributed by atoms with Gasteiger partial charge >= 0.3 is 123 Å². The quantitative estimate of drug-likeness (QED) is 0.371. The number of carbonyl (C=O) groups excluding carboxylic acids is 2. The topological polar surface area (TPSA) is 97.4 Å². The van der Waals surface area contributed by atoms with E-state index in [1.165, 1.54) is 0 Å². The maximum absolute atomic E-state index is 11.8. The summed E-state index contributed by atoms with van der Waals surface area (Å²) < 4.78 is 15.1. The first kappa shape index (κ1) is 17.0. The monoisotopic (exact) mass is 291 g/mol. The second-order valence-corrected chi connectivity index (χ2v) is 4.21. The van der Waals surface area contributed by atoms with E-state index in [0.29, 0.717) is 12.7 Å². The molecule has 1 amide bonds. The molecule has 0 aliphatic carbocycles. The normalized spacial score (nSPS) is 11.3. The van der Waals surface area contributed by atoms with Gasteiger partial charge < -0.3 is 0 Å². The van der Waals surface area contributed by atoms with E-state index in [1.807, 2.05) is 0 Å². The summed E-state index contributed by atoms with van der Waals surface area (Å²) in [5.74, 6) is -0.706. The first-order valence-corrected chi connectivity index (χ1v) is 6.66. The average Bonchev–Trinajstić information content (AvgIpc) is 2.48. The molecule has 1 aromatic heterocycles. The van der Waals surface area contributed by atoms with Crippen molar-refractivity contribution in [3.63, 3.8) is 0 Å². The van der Waals surface area contributed by atoms with Gasteiger partial charge in [0.25, 0.3) is 0 Å². The van der Waals surface area contributed by atoms with E-state index >= 15 is 0 Å². The molecule has 112 valence electrons. The average molecular weight is 291 g/mol. The maximum atomic E-state index is 11.8. The predicted octanol–water partition coefficient (Wildman–Crippen LogP) is -0.211. The fourth-order valence-corrected chi connectivity index (χ4v) is 1.71. The van der Waals surface area contributed by atoms with Crippen molar-refractivity contribution < 1.29 is 19.0 Å². The Morgan fingerprint density at radius 3 is 2.90 bits per heavy atom. The van der Waals surface area contributed by atoms with Crippen LogP contribution in [0.2, 0.25) is 0 Å². The molecule has 1 aromatic rings. The van der Waals surface area contributed by atoms with Crippen molar-refractivity contribution in [1.82, 2.24) is 15.6 Å². The fraction of sp³-hybridized carbons (Fsp3) is 0.462. The minimum atomic E-state index is -0.511. The molecule has 0 aromatic carbocycles. The van der Waals surface area contributed by atoms with Gasteiger partial charge in [0.1, 0.15) is 0 Å². The summed E-state index contributed by atoms with van der Waals surface area (Å²) in [6, 6.07) is 2.99. The number of carbonyl (C=O) groups is 2. The molecular formula is C13H18BN3O4. The molecule has 0 fully saturated rings.